The van der Waals surface area contributed by atoms with Gasteiger partial charge in [-0.25, -0.2) is 4.98 Å². The van der Waals surface area contributed by atoms with E-state index in [-0.39, 0.29) is 11.9 Å². The van der Waals surface area contributed by atoms with Gasteiger partial charge in [-0.3, -0.25) is 9.89 Å². The van der Waals surface area contributed by atoms with Crippen molar-refractivity contribution in [2.24, 2.45) is 0 Å². The van der Waals surface area contributed by atoms with Crippen LogP contribution in [0.4, 0.5) is 5.82 Å². The number of hydrogen-bond donors (Lipinski definition) is 3. The highest BCUT2D eigenvalue weighted by Gasteiger charge is 2.28. The molecule has 3 aromatic heterocycles. The number of nitrogen functional groups attached to an aromatic ring is 1. The predicted molar refractivity (Wildman–Crippen MR) is 88.0 cm³/mol. The van der Waals surface area contributed by atoms with E-state index in [0.29, 0.717) is 24.6 Å². The number of anilines is 1. The number of fused-ring (bicyclic) bond motifs is 1. The minimum Gasteiger partial charge on any atom is -0.384 e. The summed E-state index contributed by atoms with van der Waals surface area (Å²) < 4.78 is 1.60. The number of hydrogen-bond acceptors (Lipinski definition) is 6. The fourth-order valence-corrected chi connectivity index (χ4v) is 3.12. The molecule has 24 heavy (non-hydrogen) atoms. The molecular weight excluding hydrogens is 308 g/mol. The highest BCUT2D eigenvalue weighted by Crippen LogP contribution is 2.28. The highest BCUT2D eigenvalue weighted by atomic mass is 16.2. The van der Waals surface area contributed by atoms with Crippen LogP contribution >= 0.6 is 0 Å². The molecule has 4 N–H and O–H groups in total. The number of nitrogens with two attached hydrogens (primary N) is 1. The Morgan fingerprint density at radius 1 is 1.42 bits per heavy atom. The van der Waals surface area contributed by atoms with Crippen molar-refractivity contribution in [1.29, 1.82) is 0 Å². The molecule has 1 atom stereocenters. The Labute approximate surface area is 137 Å². The van der Waals surface area contributed by atoms with E-state index in [1.54, 1.807) is 36.1 Å². The van der Waals surface area contributed by atoms with E-state index in [4.69, 9.17) is 10.7 Å². The van der Waals surface area contributed by atoms with Gasteiger partial charge in [0.15, 0.2) is 5.65 Å². The number of aromatic nitrogens is 5. The minimum atomic E-state index is -0.143. The van der Waals surface area contributed by atoms with Crippen LogP contribution in [0.3, 0.4) is 0 Å². The molecule has 0 bridgehead atoms. The van der Waals surface area contributed by atoms with Gasteiger partial charge in [0.05, 0.1) is 24.1 Å². The molecular formula is C15H18N8O. The quantitative estimate of drug-likeness (QED) is 0.619. The first-order valence-electron chi connectivity index (χ1n) is 7.76. The third-order valence-corrected chi connectivity index (χ3v) is 4.32. The van der Waals surface area contributed by atoms with Crippen molar-refractivity contribution in [3.8, 4) is 11.1 Å². The van der Waals surface area contributed by atoms with Crippen molar-refractivity contribution in [2.45, 2.75) is 13.0 Å². The smallest absolute Gasteiger partial charge is 0.220 e. The molecule has 1 amide bonds. The second-order valence-electron chi connectivity index (χ2n) is 5.82. The molecule has 1 unspecified atom stereocenters. The molecule has 0 saturated carbocycles. The summed E-state index contributed by atoms with van der Waals surface area (Å²) in [6, 6.07) is 1.64. The normalized spacial score (nSPS) is 18.2. The predicted octanol–water partition coefficient (Wildman–Crippen LogP) is 0.194. The first-order chi connectivity index (χ1) is 11.6. The van der Waals surface area contributed by atoms with Crippen LogP contribution in [-0.2, 0) is 4.79 Å². The molecule has 1 aliphatic rings. The van der Waals surface area contributed by atoms with Crippen molar-refractivity contribution in [2.75, 3.05) is 25.4 Å². The van der Waals surface area contributed by atoms with E-state index in [1.807, 2.05) is 4.90 Å². The molecule has 0 aromatic carbocycles. The van der Waals surface area contributed by atoms with E-state index < -0.39 is 0 Å². The maximum Gasteiger partial charge on any atom is 0.220 e. The summed E-state index contributed by atoms with van der Waals surface area (Å²) in [6.07, 6.45) is 5.21. The van der Waals surface area contributed by atoms with Crippen molar-refractivity contribution in [1.82, 2.24) is 35.0 Å². The molecule has 3 aromatic rings. The van der Waals surface area contributed by atoms with Crippen molar-refractivity contribution < 1.29 is 4.79 Å². The van der Waals surface area contributed by atoms with Gasteiger partial charge in [-0.15, -0.1) is 0 Å². The number of nitrogens with one attached hydrogen (secondary N) is 2. The van der Waals surface area contributed by atoms with Gasteiger partial charge < -0.3 is 16.0 Å². The molecule has 4 heterocycles. The Morgan fingerprint density at radius 3 is 3.04 bits per heavy atom. The average Bonchev–Trinajstić information content (AvgIpc) is 3.23. The van der Waals surface area contributed by atoms with Gasteiger partial charge in [-0.05, 0) is 0 Å². The summed E-state index contributed by atoms with van der Waals surface area (Å²) in [5.41, 5.74) is 9.31. The molecule has 4 rings (SSSR count). The van der Waals surface area contributed by atoms with E-state index >= 15 is 0 Å². The first kappa shape index (κ1) is 14.6. The Hall–Kier alpha value is -2.94. The van der Waals surface area contributed by atoms with Crippen LogP contribution in [0.15, 0.2) is 24.7 Å². The van der Waals surface area contributed by atoms with Crippen LogP contribution in [0, 0.1) is 0 Å². The van der Waals surface area contributed by atoms with Gasteiger partial charge in [0.1, 0.15) is 5.82 Å². The lowest BCUT2D eigenvalue weighted by atomic mass is 10.1. The van der Waals surface area contributed by atoms with Gasteiger partial charge in [-0.1, -0.05) is 0 Å². The minimum absolute atomic E-state index is 0.0327. The molecule has 0 spiro atoms. The van der Waals surface area contributed by atoms with Crippen LogP contribution in [0.5, 0.6) is 0 Å². The standard InChI is InChI=1S/C15H18N8O/c1-9(24)22-3-2-17-8-13(22)12-4-14(16)23-15(21-12)11(7-20-23)10-5-18-19-6-10/h4-7,13,17H,2-3,8,16H2,1H3,(H,18,19). The third kappa shape index (κ3) is 2.29. The molecule has 124 valence electrons. The number of carbonyl (C=O) groups excluding carboxylic acids is 1. The lowest BCUT2D eigenvalue weighted by Gasteiger charge is -2.35. The number of rotatable bonds is 2. The molecule has 9 heteroatoms. The Bertz CT molecular complexity index is 884. The molecule has 1 saturated heterocycles. The molecule has 1 fully saturated rings. The van der Waals surface area contributed by atoms with Gasteiger partial charge in [0, 0.05) is 49.9 Å². The van der Waals surface area contributed by atoms with E-state index in [9.17, 15) is 4.79 Å². The Kier molecular flexibility index (Phi) is 3.42. The number of H-pyrrole nitrogens is 1. The van der Waals surface area contributed by atoms with Crippen molar-refractivity contribution in [3.05, 3.63) is 30.4 Å². The maximum absolute atomic E-state index is 11.9. The topological polar surface area (TPSA) is 117 Å². The number of amides is 1. The van der Waals surface area contributed by atoms with Crippen LogP contribution in [0.25, 0.3) is 16.8 Å². The highest BCUT2D eigenvalue weighted by molar-refractivity contribution is 5.77. The number of carbonyl (C=O) groups is 1. The van der Waals surface area contributed by atoms with E-state index in [2.05, 4.69) is 20.6 Å². The second kappa shape index (κ2) is 5.60. The summed E-state index contributed by atoms with van der Waals surface area (Å²) in [7, 11) is 0. The zero-order valence-corrected chi connectivity index (χ0v) is 13.2. The van der Waals surface area contributed by atoms with Gasteiger partial charge >= 0.3 is 0 Å². The molecule has 0 radical (unpaired) electrons. The summed E-state index contributed by atoms with van der Waals surface area (Å²) in [6.45, 7) is 3.66. The lowest BCUT2D eigenvalue weighted by Crippen LogP contribution is -2.48. The zero-order chi connectivity index (χ0) is 16.7. The lowest BCUT2D eigenvalue weighted by molar-refractivity contribution is -0.132. The Morgan fingerprint density at radius 2 is 2.29 bits per heavy atom. The van der Waals surface area contributed by atoms with E-state index in [0.717, 1.165) is 23.4 Å². The fourth-order valence-electron chi connectivity index (χ4n) is 3.12. The first-order valence-corrected chi connectivity index (χ1v) is 7.76. The summed E-state index contributed by atoms with van der Waals surface area (Å²) in [5, 5.41) is 14.4. The SMILES string of the molecule is CC(=O)N1CCNCC1c1cc(N)n2ncc(-c3cn[nH]c3)c2n1. The summed E-state index contributed by atoms with van der Waals surface area (Å²) in [4.78, 5) is 18.5. The van der Waals surface area contributed by atoms with E-state index in [1.165, 1.54) is 0 Å². The van der Waals surface area contributed by atoms with Gasteiger partial charge in [0.25, 0.3) is 0 Å². The van der Waals surface area contributed by atoms with Crippen molar-refractivity contribution >= 4 is 17.4 Å². The summed E-state index contributed by atoms with van der Waals surface area (Å²) in [5.74, 6) is 0.518. The number of nitrogens with zero attached hydrogens (tertiary/aromatic N) is 5. The van der Waals surface area contributed by atoms with Gasteiger partial charge in [0.2, 0.25) is 5.91 Å². The zero-order valence-electron chi connectivity index (χ0n) is 13.2. The second-order valence-corrected chi connectivity index (χ2v) is 5.82. The van der Waals surface area contributed by atoms with Crippen LogP contribution in [0.1, 0.15) is 18.7 Å². The maximum atomic E-state index is 11.9. The van der Waals surface area contributed by atoms with Crippen molar-refractivity contribution in [3.63, 3.8) is 0 Å². The van der Waals surface area contributed by atoms with Crippen LogP contribution in [0.2, 0.25) is 0 Å². The van der Waals surface area contributed by atoms with Gasteiger partial charge in [-0.2, -0.15) is 14.7 Å². The fraction of sp³-hybridized carbons (Fsp3) is 0.333. The largest absolute Gasteiger partial charge is 0.384 e. The van der Waals surface area contributed by atoms with Crippen LogP contribution < -0.4 is 11.1 Å². The monoisotopic (exact) mass is 326 g/mol. The molecule has 9 nitrogen and oxygen atoms in total. The average molecular weight is 326 g/mol. The Balaban J connectivity index is 1.84. The third-order valence-electron chi connectivity index (χ3n) is 4.32. The van der Waals surface area contributed by atoms with Crippen LogP contribution in [-0.4, -0.2) is 55.2 Å². The number of piperazine rings is 1. The summed E-state index contributed by atoms with van der Waals surface area (Å²) >= 11 is 0. The number of aromatic amines is 1. The molecule has 0 aliphatic carbocycles. The molecule has 1 aliphatic heterocycles.